The number of nitrogens with zero attached hydrogens (tertiary/aromatic N) is 2. The molecule has 0 aliphatic heterocycles. The molecule has 232 valence electrons. The maximum atomic E-state index is 11.0. The zero-order valence-electron chi connectivity index (χ0n) is 26.4. The van der Waals surface area contributed by atoms with Gasteiger partial charge in [0.05, 0.1) is 24.6 Å². The molecule has 2 aromatic carbocycles. The van der Waals surface area contributed by atoms with Gasteiger partial charge in [0.25, 0.3) is 0 Å². The number of aryl methyl sites for hydroxylation is 1. The molecular weight excluding hydrogens is 520 g/mol. The van der Waals surface area contributed by atoms with E-state index in [4.69, 9.17) is 9.47 Å². The number of hydrogen-bond donors (Lipinski definition) is 0. The highest BCUT2D eigenvalue weighted by molar-refractivity contribution is 5.81. The third-order valence-corrected chi connectivity index (χ3v) is 7.59. The van der Waals surface area contributed by atoms with Crippen LogP contribution in [0.25, 0.3) is 0 Å². The van der Waals surface area contributed by atoms with Crippen LogP contribution in [0.3, 0.4) is 0 Å². The summed E-state index contributed by atoms with van der Waals surface area (Å²) >= 11 is 0. The lowest BCUT2D eigenvalue weighted by molar-refractivity contribution is -0.137. The fourth-order valence-corrected chi connectivity index (χ4v) is 4.96. The summed E-state index contributed by atoms with van der Waals surface area (Å²) < 4.78 is 10.8. The highest BCUT2D eigenvalue weighted by atomic mass is 16.5. The molecular formula is C37H56N2O3. The maximum absolute atomic E-state index is 11.0. The minimum atomic E-state index is -0.357. The molecule has 0 fully saturated rings. The standard InChI is InChI=1S/C37H56N2O3/c1-3-5-6-7-8-9-10-11-12-13-14-15-16-19-22-33-23-25-34(26-24-33)38-39-35-27-29-36(30-28-35)41-31-20-17-18-21-32-42-37(40)4-2/h4,23-30H,2-3,5-22,31-32H2,1H3/b39-38+. The monoisotopic (exact) mass is 576 g/mol. The lowest BCUT2D eigenvalue weighted by atomic mass is 10.0. The van der Waals surface area contributed by atoms with Gasteiger partial charge in [0.1, 0.15) is 5.75 Å². The SMILES string of the molecule is C=CC(=O)OCCCCCCOc1ccc(/N=N/c2ccc(CCCCCCCCCCCCCCCC)cc2)cc1. The van der Waals surface area contributed by atoms with Gasteiger partial charge >= 0.3 is 5.97 Å². The molecule has 0 N–H and O–H groups in total. The second-order valence-corrected chi connectivity index (χ2v) is 11.3. The van der Waals surface area contributed by atoms with Gasteiger partial charge in [-0.1, -0.05) is 109 Å². The number of unbranched alkanes of at least 4 members (excludes halogenated alkanes) is 16. The molecule has 0 heterocycles. The van der Waals surface area contributed by atoms with E-state index in [0.29, 0.717) is 13.2 Å². The lowest BCUT2D eigenvalue weighted by Gasteiger charge is -2.06. The van der Waals surface area contributed by atoms with Crippen molar-refractivity contribution >= 4 is 17.3 Å². The van der Waals surface area contributed by atoms with Gasteiger partial charge in [0.2, 0.25) is 0 Å². The van der Waals surface area contributed by atoms with Crippen molar-refractivity contribution in [3.63, 3.8) is 0 Å². The van der Waals surface area contributed by atoms with Gasteiger partial charge < -0.3 is 9.47 Å². The lowest BCUT2D eigenvalue weighted by Crippen LogP contribution is -2.02. The third-order valence-electron chi connectivity index (χ3n) is 7.59. The molecule has 42 heavy (non-hydrogen) atoms. The van der Waals surface area contributed by atoms with Crippen LogP contribution >= 0.6 is 0 Å². The summed E-state index contributed by atoms with van der Waals surface area (Å²) in [6.07, 6.45) is 25.8. The number of rotatable bonds is 26. The Morgan fingerprint density at radius 3 is 1.60 bits per heavy atom. The summed E-state index contributed by atoms with van der Waals surface area (Å²) in [6, 6.07) is 16.2. The van der Waals surface area contributed by atoms with Crippen LogP contribution in [0, 0.1) is 0 Å². The predicted molar refractivity (Wildman–Crippen MR) is 176 cm³/mol. The van der Waals surface area contributed by atoms with Gasteiger partial charge in [-0.25, -0.2) is 4.79 Å². The summed E-state index contributed by atoms with van der Waals surface area (Å²) in [4.78, 5) is 11.0. The Morgan fingerprint density at radius 1 is 0.619 bits per heavy atom. The summed E-state index contributed by atoms with van der Waals surface area (Å²) in [5.74, 6) is 0.478. The molecule has 0 atom stereocenters. The number of ether oxygens (including phenoxy) is 2. The molecule has 0 bridgehead atoms. The minimum Gasteiger partial charge on any atom is -0.494 e. The highest BCUT2D eigenvalue weighted by Gasteiger charge is 1.99. The largest absolute Gasteiger partial charge is 0.494 e. The van der Waals surface area contributed by atoms with E-state index in [-0.39, 0.29) is 5.97 Å². The Kier molecular flexibility index (Phi) is 20.7. The average molecular weight is 577 g/mol. The second kappa shape index (κ2) is 24.6. The van der Waals surface area contributed by atoms with E-state index in [9.17, 15) is 4.79 Å². The van der Waals surface area contributed by atoms with Crippen molar-refractivity contribution in [2.24, 2.45) is 10.2 Å². The summed E-state index contributed by atoms with van der Waals surface area (Å²) in [5.41, 5.74) is 3.06. The van der Waals surface area contributed by atoms with Gasteiger partial charge in [0, 0.05) is 6.08 Å². The van der Waals surface area contributed by atoms with Crippen molar-refractivity contribution in [3.05, 3.63) is 66.7 Å². The molecule has 0 unspecified atom stereocenters. The Morgan fingerprint density at radius 2 is 1.07 bits per heavy atom. The zero-order chi connectivity index (χ0) is 29.9. The Hall–Kier alpha value is -2.95. The smallest absolute Gasteiger partial charge is 0.330 e. The summed E-state index contributed by atoms with van der Waals surface area (Å²) in [5, 5.41) is 8.77. The van der Waals surface area contributed by atoms with Gasteiger partial charge in [0.15, 0.2) is 0 Å². The molecule has 0 amide bonds. The molecule has 0 saturated carbocycles. The van der Waals surface area contributed by atoms with Crippen molar-refractivity contribution in [3.8, 4) is 5.75 Å². The molecule has 2 aromatic rings. The topological polar surface area (TPSA) is 60.2 Å². The highest BCUT2D eigenvalue weighted by Crippen LogP contribution is 2.22. The molecule has 0 aliphatic rings. The van der Waals surface area contributed by atoms with Crippen LogP contribution in [0.4, 0.5) is 11.4 Å². The van der Waals surface area contributed by atoms with Crippen molar-refractivity contribution in [1.82, 2.24) is 0 Å². The quantitative estimate of drug-likeness (QED) is 0.0484. The van der Waals surface area contributed by atoms with E-state index in [1.807, 2.05) is 24.3 Å². The minimum absolute atomic E-state index is 0.357. The number of carbonyl (C=O) groups excluding carboxylic acids is 1. The molecule has 0 spiro atoms. The number of esters is 1. The first-order valence-corrected chi connectivity index (χ1v) is 16.7. The van der Waals surface area contributed by atoms with Gasteiger partial charge in [-0.3, -0.25) is 0 Å². The maximum Gasteiger partial charge on any atom is 0.330 e. The first kappa shape index (κ1) is 35.2. The summed E-state index contributed by atoms with van der Waals surface area (Å²) in [6.45, 7) is 6.79. The average Bonchev–Trinajstić information content (AvgIpc) is 3.02. The molecule has 0 aliphatic carbocycles. The van der Waals surface area contributed by atoms with E-state index in [2.05, 4.69) is 48.0 Å². The van der Waals surface area contributed by atoms with Gasteiger partial charge in [-0.05, 0) is 80.5 Å². The van der Waals surface area contributed by atoms with Crippen LogP contribution in [0.1, 0.15) is 128 Å². The van der Waals surface area contributed by atoms with E-state index < -0.39 is 0 Å². The molecule has 0 radical (unpaired) electrons. The molecule has 0 aromatic heterocycles. The molecule has 2 rings (SSSR count). The number of hydrogen-bond acceptors (Lipinski definition) is 5. The first-order valence-electron chi connectivity index (χ1n) is 16.7. The van der Waals surface area contributed by atoms with Crippen LogP contribution in [-0.2, 0) is 16.0 Å². The van der Waals surface area contributed by atoms with Crippen LogP contribution in [0.2, 0.25) is 0 Å². The number of benzene rings is 2. The predicted octanol–water partition coefficient (Wildman–Crippen LogP) is 11.8. The van der Waals surface area contributed by atoms with E-state index in [1.165, 1.54) is 102 Å². The second-order valence-electron chi connectivity index (χ2n) is 11.3. The van der Waals surface area contributed by atoms with Gasteiger partial charge in [-0.2, -0.15) is 10.2 Å². The van der Waals surface area contributed by atoms with E-state index in [0.717, 1.165) is 49.2 Å². The summed E-state index contributed by atoms with van der Waals surface area (Å²) in [7, 11) is 0. The van der Waals surface area contributed by atoms with Crippen LogP contribution in [-0.4, -0.2) is 19.2 Å². The molecule has 0 saturated heterocycles. The normalized spacial score (nSPS) is 11.2. The van der Waals surface area contributed by atoms with Crippen molar-refractivity contribution in [2.45, 2.75) is 129 Å². The van der Waals surface area contributed by atoms with Crippen LogP contribution in [0.5, 0.6) is 5.75 Å². The third kappa shape index (κ3) is 18.5. The first-order chi connectivity index (χ1) is 20.7. The number of azo groups is 1. The van der Waals surface area contributed by atoms with E-state index >= 15 is 0 Å². The van der Waals surface area contributed by atoms with Crippen molar-refractivity contribution in [1.29, 1.82) is 0 Å². The van der Waals surface area contributed by atoms with Crippen LogP contribution < -0.4 is 4.74 Å². The van der Waals surface area contributed by atoms with Gasteiger partial charge in [-0.15, -0.1) is 0 Å². The fraction of sp³-hybridized carbons (Fsp3) is 0.595. The van der Waals surface area contributed by atoms with E-state index in [1.54, 1.807) is 0 Å². The van der Waals surface area contributed by atoms with Crippen LogP contribution in [0.15, 0.2) is 71.4 Å². The molecule has 5 nitrogen and oxygen atoms in total. The Balaban J connectivity index is 1.48. The Labute approximate surface area is 256 Å². The fourth-order valence-electron chi connectivity index (χ4n) is 4.96. The zero-order valence-corrected chi connectivity index (χ0v) is 26.4. The van der Waals surface area contributed by atoms with Crippen molar-refractivity contribution in [2.75, 3.05) is 13.2 Å². The molecule has 5 heteroatoms. The number of carbonyl (C=O) groups is 1. The Bertz CT molecular complexity index is 970. The van der Waals surface area contributed by atoms with Crippen molar-refractivity contribution < 1.29 is 14.3 Å².